The van der Waals surface area contributed by atoms with Crippen LogP contribution in [-0.4, -0.2) is 22.5 Å². The molecule has 3 aromatic carbocycles. The molecule has 0 heterocycles. The summed E-state index contributed by atoms with van der Waals surface area (Å²) >= 11 is 0. The summed E-state index contributed by atoms with van der Waals surface area (Å²) in [6, 6.07) is 22.4. The van der Waals surface area contributed by atoms with Crippen LogP contribution in [0.2, 0.25) is 0 Å². The highest BCUT2D eigenvalue weighted by Gasteiger charge is 2.23. The van der Waals surface area contributed by atoms with Crippen molar-refractivity contribution in [2.45, 2.75) is 18.5 Å². The van der Waals surface area contributed by atoms with Gasteiger partial charge < -0.3 is 10.00 Å². The molecule has 3 rings (SSSR count). The summed E-state index contributed by atoms with van der Waals surface area (Å²) in [5.74, 6) is -1.68. The van der Waals surface area contributed by atoms with Crippen LogP contribution in [0.3, 0.4) is 0 Å². The maximum Gasteiger partial charge on any atom is 0.311 e. The van der Waals surface area contributed by atoms with Crippen LogP contribution in [0, 0.1) is 0 Å². The third-order valence-electron chi connectivity index (χ3n) is 4.51. The Hall–Kier alpha value is -2.46. The molecule has 3 N–H and O–H groups in total. The van der Waals surface area contributed by atoms with Crippen LogP contribution in [0.25, 0.3) is 10.8 Å². The molecule has 0 aliphatic rings. The maximum atomic E-state index is 12.3. The minimum atomic E-state index is -3.57. The third kappa shape index (κ3) is 5.27. The highest BCUT2D eigenvalue weighted by molar-refractivity contribution is 7.55. The number of carbonyl (C=O) groups is 1. The van der Waals surface area contributed by atoms with Crippen molar-refractivity contribution in [3.05, 3.63) is 83.9 Å². The number of hydrogen-bond acceptors (Lipinski definition) is 2. The Balaban J connectivity index is 1.66. The average Bonchev–Trinajstić information content (AvgIpc) is 2.65. The van der Waals surface area contributed by atoms with Crippen LogP contribution < -0.4 is 5.09 Å². The Bertz CT molecular complexity index is 974. The molecule has 0 radical (unpaired) electrons. The molecule has 0 amide bonds. The molecule has 2 unspecified atom stereocenters. The number of hydrogen-bond donors (Lipinski definition) is 3. The van der Waals surface area contributed by atoms with Gasteiger partial charge in [0.25, 0.3) is 7.52 Å². The molecule has 0 saturated carbocycles. The molecular weight excluding hydrogens is 361 g/mol. The lowest BCUT2D eigenvalue weighted by Gasteiger charge is -2.17. The van der Waals surface area contributed by atoms with Crippen LogP contribution in [0.4, 0.5) is 0 Å². The van der Waals surface area contributed by atoms with E-state index in [1.54, 1.807) is 12.1 Å². The standard InChI is InChI=1S/C21H22NO4P/c23-21(24)20(19-11-10-17-8-4-5-9-18(17)14-19)12-13-22-27(25,26)15-16-6-2-1-3-7-16/h1-11,14,20H,12-13,15H2,(H,23,24)(H2,22,25,26). The summed E-state index contributed by atoms with van der Waals surface area (Å²) in [7, 11) is -3.57. The summed E-state index contributed by atoms with van der Waals surface area (Å²) in [6.45, 7) is 0.143. The van der Waals surface area contributed by atoms with E-state index in [0.717, 1.165) is 16.3 Å². The summed E-state index contributed by atoms with van der Waals surface area (Å²) in [4.78, 5) is 21.9. The van der Waals surface area contributed by atoms with Gasteiger partial charge in [-0.05, 0) is 28.3 Å². The maximum absolute atomic E-state index is 12.3. The second-order valence-corrected chi connectivity index (χ2v) is 8.58. The normalized spacial score (nSPS) is 14.6. The van der Waals surface area contributed by atoms with Crippen molar-refractivity contribution in [3.63, 3.8) is 0 Å². The van der Waals surface area contributed by atoms with Crippen LogP contribution >= 0.6 is 7.52 Å². The van der Waals surface area contributed by atoms with E-state index in [0.29, 0.717) is 5.56 Å². The predicted octanol–water partition coefficient (Wildman–Crippen LogP) is 4.37. The lowest BCUT2D eigenvalue weighted by atomic mass is 9.94. The van der Waals surface area contributed by atoms with Gasteiger partial charge in [-0.1, -0.05) is 72.8 Å². The number of fused-ring (bicyclic) bond motifs is 1. The Morgan fingerprint density at radius 1 is 0.963 bits per heavy atom. The zero-order valence-electron chi connectivity index (χ0n) is 14.8. The Morgan fingerprint density at radius 2 is 1.63 bits per heavy atom. The molecule has 5 nitrogen and oxygen atoms in total. The van der Waals surface area contributed by atoms with E-state index < -0.39 is 19.4 Å². The van der Waals surface area contributed by atoms with Crippen LogP contribution in [0.1, 0.15) is 23.5 Å². The quantitative estimate of drug-likeness (QED) is 0.503. The van der Waals surface area contributed by atoms with Crippen molar-refractivity contribution in [2.75, 3.05) is 6.54 Å². The molecule has 140 valence electrons. The number of aliphatic carboxylic acids is 1. The number of rotatable bonds is 8. The van der Waals surface area contributed by atoms with Gasteiger partial charge in [0.05, 0.1) is 12.1 Å². The van der Waals surface area contributed by atoms with Crippen molar-refractivity contribution in [3.8, 4) is 0 Å². The Kier molecular flexibility index (Phi) is 6.07. The van der Waals surface area contributed by atoms with Crippen LogP contribution in [0.5, 0.6) is 0 Å². The van der Waals surface area contributed by atoms with Gasteiger partial charge in [-0.15, -0.1) is 0 Å². The molecule has 0 saturated heterocycles. The van der Waals surface area contributed by atoms with Crippen molar-refractivity contribution >= 4 is 24.3 Å². The molecule has 0 fully saturated rings. The first-order chi connectivity index (χ1) is 12.9. The smallest absolute Gasteiger partial charge is 0.311 e. The molecule has 0 spiro atoms. The van der Waals surface area contributed by atoms with E-state index in [1.807, 2.05) is 60.7 Å². The summed E-state index contributed by atoms with van der Waals surface area (Å²) in [6.07, 6.45) is 0.245. The number of nitrogens with one attached hydrogen (secondary N) is 1. The molecule has 3 aromatic rings. The minimum absolute atomic E-state index is 0.0154. The Morgan fingerprint density at radius 3 is 2.33 bits per heavy atom. The van der Waals surface area contributed by atoms with Crippen LogP contribution in [-0.2, 0) is 15.5 Å². The minimum Gasteiger partial charge on any atom is -0.481 e. The molecule has 2 atom stereocenters. The number of benzene rings is 3. The van der Waals surface area contributed by atoms with E-state index in [2.05, 4.69) is 5.09 Å². The second-order valence-electron chi connectivity index (χ2n) is 6.54. The van der Waals surface area contributed by atoms with Gasteiger partial charge in [0.15, 0.2) is 0 Å². The fourth-order valence-corrected chi connectivity index (χ4v) is 4.42. The van der Waals surface area contributed by atoms with Gasteiger partial charge in [0, 0.05) is 6.54 Å². The van der Waals surface area contributed by atoms with Crippen LogP contribution in [0.15, 0.2) is 72.8 Å². The highest BCUT2D eigenvalue weighted by Crippen LogP contribution is 2.40. The third-order valence-corrected chi connectivity index (χ3v) is 6.02. The summed E-state index contributed by atoms with van der Waals surface area (Å²) in [5.41, 5.74) is 1.46. The van der Waals surface area contributed by atoms with E-state index in [9.17, 15) is 19.4 Å². The summed E-state index contributed by atoms with van der Waals surface area (Å²) < 4.78 is 12.3. The first-order valence-corrected chi connectivity index (χ1v) is 10.6. The lowest BCUT2D eigenvalue weighted by Crippen LogP contribution is -2.20. The van der Waals surface area contributed by atoms with Gasteiger partial charge in [-0.3, -0.25) is 9.36 Å². The molecule has 0 bridgehead atoms. The average molecular weight is 383 g/mol. The second kappa shape index (κ2) is 8.49. The van der Waals surface area contributed by atoms with E-state index in [1.165, 1.54) is 0 Å². The fourth-order valence-electron chi connectivity index (χ4n) is 3.13. The van der Waals surface area contributed by atoms with Gasteiger partial charge >= 0.3 is 5.97 Å². The summed E-state index contributed by atoms with van der Waals surface area (Å²) in [5, 5.41) is 14.3. The van der Waals surface area contributed by atoms with E-state index in [-0.39, 0.29) is 19.1 Å². The Labute approximate surface area is 158 Å². The van der Waals surface area contributed by atoms with E-state index >= 15 is 0 Å². The van der Waals surface area contributed by atoms with Crippen molar-refractivity contribution in [1.82, 2.24) is 5.09 Å². The first-order valence-electron chi connectivity index (χ1n) is 8.77. The van der Waals surface area contributed by atoms with Crippen molar-refractivity contribution in [1.29, 1.82) is 0 Å². The molecule has 6 heteroatoms. The largest absolute Gasteiger partial charge is 0.481 e. The van der Waals surface area contributed by atoms with Gasteiger partial charge in [0.2, 0.25) is 0 Å². The molecule has 0 aliphatic carbocycles. The van der Waals surface area contributed by atoms with Gasteiger partial charge in [-0.25, -0.2) is 5.09 Å². The molecule has 0 aromatic heterocycles. The monoisotopic (exact) mass is 383 g/mol. The SMILES string of the molecule is O=C(O)C(CCNP(=O)(O)Cc1ccccc1)c1ccc2ccccc2c1. The topological polar surface area (TPSA) is 86.6 Å². The van der Waals surface area contributed by atoms with Crippen molar-refractivity contribution < 1.29 is 19.4 Å². The highest BCUT2D eigenvalue weighted by atomic mass is 31.2. The zero-order valence-corrected chi connectivity index (χ0v) is 15.7. The molecule has 27 heavy (non-hydrogen) atoms. The lowest BCUT2D eigenvalue weighted by molar-refractivity contribution is -0.138. The molecule has 0 aliphatic heterocycles. The van der Waals surface area contributed by atoms with Crippen molar-refractivity contribution in [2.24, 2.45) is 0 Å². The van der Waals surface area contributed by atoms with E-state index in [4.69, 9.17) is 0 Å². The molecular formula is C21H22NO4P. The zero-order chi connectivity index (χ0) is 19.3. The number of carboxylic acid groups (broad SMARTS) is 1. The van der Waals surface area contributed by atoms with Gasteiger partial charge in [-0.2, -0.15) is 0 Å². The number of carboxylic acids is 1. The van der Waals surface area contributed by atoms with Gasteiger partial charge in [0.1, 0.15) is 0 Å². The first kappa shape index (κ1) is 19.3. The fraction of sp³-hybridized carbons (Fsp3) is 0.190. The predicted molar refractivity (Wildman–Crippen MR) is 107 cm³/mol.